The molecule has 3 nitrogen and oxygen atoms in total. The molecule has 4 heteroatoms. The Morgan fingerprint density at radius 1 is 1.40 bits per heavy atom. The van der Waals surface area contributed by atoms with E-state index < -0.39 is 0 Å². The lowest BCUT2D eigenvalue weighted by Gasteiger charge is -2.11. The molecule has 0 atom stereocenters. The number of hydrogen-bond acceptors (Lipinski definition) is 3. The number of rotatable bonds is 1. The van der Waals surface area contributed by atoms with Crippen LogP contribution in [0.25, 0.3) is 5.69 Å². The van der Waals surface area contributed by atoms with Crippen molar-refractivity contribution in [2.45, 2.75) is 6.92 Å². The van der Waals surface area contributed by atoms with E-state index in [0.717, 1.165) is 11.4 Å². The van der Waals surface area contributed by atoms with Crippen molar-refractivity contribution in [3.63, 3.8) is 0 Å². The van der Waals surface area contributed by atoms with Crippen LogP contribution in [-0.4, -0.2) is 14.7 Å². The molecule has 76 valence electrons. The van der Waals surface area contributed by atoms with Crippen LogP contribution in [0.4, 0.5) is 0 Å². The number of pyridine rings is 2. The van der Waals surface area contributed by atoms with E-state index in [9.17, 15) is 5.11 Å². The van der Waals surface area contributed by atoms with Gasteiger partial charge in [0.15, 0.2) is 5.75 Å². The van der Waals surface area contributed by atoms with Crippen LogP contribution in [0.15, 0.2) is 36.8 Å². The van der Waals surface area contributed by atoms with Crippen LogP contribution in [0.1, 0.15) is 5.69 Å². The van der Waals surface area contributed by atoms with E-state index in [1.165, 1.54) is 0 Å². The van der Waals surface area contributed by atoms with Gasteiger partial charge < -0.3 is 9.67 Å². The zero-order valence-electron chi connectivity index (χ0n) is 8.21. The zero-order valence-corrected chi connectivity index (χ0v) is 9.03. The minimum atomic E-state index is 0.149. The highest BCUT2D eigenvalue weighted by Gasteiger charge is 2.03. The minimum Gasteiger partial charge on any atom is -0.505 e. The van der Waals surface area contributed by atoms with Crippen LogP contribution in [0.3, 0.4) is 0 Å². The lowest BCUT2D eigenvalue weighted by molar-refractivity contribution is 0.463. The third kappa shape index (κ3) is 1.76. The number of nitrogens with zero attached hydrogens (tertiary/aromatic N) is 2. The van der Waals surface area contributed by atoms with Crippen molar-refractivity contribution < 1.29 is 5.11 Å². The molecule has 0 saturated heterocycles. The standard InChI is InChI=1S/C11H10N2OS/c1-8-11(14)10(15)4-6-13(8)9-3-2-5-12-7-9/h2-7,14H,1H3. The maximum absolute atomic E-state index is 9.70. The Morgan fingerprint density at radius 3 is 2.87 bits per heavy atom. The summed E-state index contributed by atoms with van der Waals surface area (Å²) in [5, 5.41) is 9.70. The Labute approximate surface area is 92.7 Å². The smallest absolute Gasteiger partial charge is 0.153 e. The van der Waals surface area contributed by atoms with Crippen molar-refractivity contribution in [2.24, 2.45) is 0 Å². The Bertz CT molecular complexity index is 534. The monoisotopic (exact) mass is 218 g/mol. The Morgan fingerprint density at radius 2 is 2.20 bits per heavy atom. The molecule has 0 fully saturated rings. The second kappa shape index (κ2) is 3.82. The molecule has 0 amide bonds. The molecule has 0 aliphatic carbocycles. The maximum Gasteiger partial charge on any atom is 0.153 e. The molecule has 1 N–H and O–H groups in total. The summed E-state index contributed by atoms with van der Waals surface area (Å²) in [5.74, 6) is 0.149. The quantitative estimate of drug-likeness (QED) is 0.748. The number of aromatic nitrogens is 2. The summed E-state index contributed by atoms with van der Waals surface area (Å²) in [6.07, 6.45) is 5.27. The highest BCUT2D eigenvalue weighted by molar-refractivity contribution is 7.71. The first-order valence-electron chi connectivity index (χ1n) is 4.52. The molecule has 2 aromatic rings. The molecule has 15 heavy (non-hydrogen) atoms. The van der Waals surface area contributed by atoms with E-state index in [4.69, 9.17) is 12.2 Å². The first-order chi connectivity index (χ1) is 7.20. The molecule has 0 aliphatic rings. The highest BCUT2D eigenvalue weighted by atomic mass is 32.1. The normalized spacial score (nSPS) is 10.2. The van der Waals surface area contributed by atoms with E-state index in [1.807, 2.05) is 29.8 Å². The van der Waals surface area contributed by atoms with Crippen LogP contribution >= 0.6 is 12.2 Å². The first-order valence-corrected chi connectivity index (χ1v) is 4.92. The summed E-state index contributed by atoms with van der Waals surface area (Å²) >= 11 is 4.97. The van der Waals surface area contributed by atoms with Crippen molar-refractivity contribution in [2.75, 3.05) is 0 Å². The first kappa shape index (κ1) is 9.86. The SMILES string of the molecule is Cc1c(O)c(=S)ccn1-c1cccnc1. The summed E-state index contributed by atoms with van der Waals surface area (Å²) < 4.78 is 2.31. The van der Waals surface area contributed by atoms with Gasteiger partial charge in [0.1, 0.15) is 0 Å². The molecule has 0 unspecified atom stereocenters. The Kier molecular flexibility index (Phi) is 2.51. The molecule has 2 heterocycles. The molecule has 0 radical (unpaired) electrons. The van der Waals surface area contributed by atoms with Crippen molar-refractivity contribution in [3.8, 4) is 11.4 Å². The van der Waals surface area contributed by atoms with Crippen molar-refractivity contribution in [3.05, 3.63) is 47.0 Å². The van der Waals surface area contributed by atoms with Crippen molar-refractivity contribution in [1.82, 2.24) is 9.55 Å². The van der Waals surface area contributed by atoms with Gasteiger partial charge in [0.05, 0.1) is 22.1 Å². The minimum absolute atomic E-state index is 0.149. The summed E-state index contributed by atoms with van der Waals surface area (Å²) in [6, 6.07) is 5.47. The average Bonchev–Trinajstić information content (AvgIpc) is 2.27. The van der Waals surface area contributed by atoms with Gasteiger partial charge in [0, 0.05) is 12.4 Å². The van der Waals surface area contributed by atoms with E-state index in [0.29, 0.717) is 4.51 Å². The van der Waals surface area contributed by atoms with Gasteiger partial charge in [0.25, 0.3) is 0 Å². The number of aromatic hydroxyl groups is 1. The van der Waals surface area contributed by atoms with E-state index in [1.54, 1.807) is 18.5 Å². The Balaban J connectivity index is 2.65. The van der Waals surface area contributed by atoms with E-state index in [2.05, 4.69) is 4.98 Å². The average molecular weight is 218 g/mol. The second-order valence-electron chi connectivity index (χ2n) is 3.20. The predicted molar refractivity (Wildman–Crippen MR) is 60.8 cm³/mol. The molecule has 0 aromatic carbocycles. The van der Waals surface area contributed by atoms with Gasteiger partial charge in [-0.05, 0) is 25.1 Å². The largest absolute Gasteiger partial charge is 0.505 e. The lowest BCUT2D eigenvalue weighted by atomic mass is 10.3. The topological polar surface area (TPSA) is 38.0 Å². The molecule has 0 aliphatic heterocycles. The van der Waals surface area contributed by atoms with Crippen LogP contribution in [0.2, 0.25) is 0 Å². The van der Waals surface area contributed by atoms with Crippen LogP contribution in [0.5, 0.6) is 5.75 Å². The van der Waals surface area contributed by atoms with Gasteiger partial charge in [-0.2, -0.15) is 0 Å². The molecule has 2 rings (SSSR count). The molecular formula is C11H10N2OS. The van der Waals surface area contributed by atoms with Crippen molar-refractivity contribution >= 4 is 12.2 Å². The molecule has 0 saturated carbocycles. The summed E-state index contributed by atoms with van der Waals surface area (Å²) in [7, 11) is 0. The maximum atomic E-state index is 9.70. The van der Waals surface area contributed by atoms with Crippen molar-refractivity contribution in [1.29, 1.82) is 0 Å². The second-order valence-corrected chi connectivity index (χ2v) is 3.64. The van der Waals surface area contributed by atoms with E-state index >= 15 is 0 Å². The fraction of sp³-hybridized carbons (Fsp3) is 0.0909. The van der Waals surface area contributed by atoms with Gasteiger partial charge in [-0.3, -0.25) is 4.98 Å². The van der Waals surface area contributed by atoms with Gasteiger partial charge in [-0.25, -0.2) is 0 Å². The van der Waals surface area contributed by atoms with Crippen LogP contribution < -0.4 is 0 Å². The fourth-order valence-electron chi connectivity index (χ4n) is 1.40. The van der Waals surface area contributed by atoms with Crippen LogP contribution in [-0.2, 0) is 0 Å². The van der Waals surface area contributed by atoms with Crippen LogP contribution in [0, 0.1) is 11.4 Å². The predicted octanol–water partition coefficient (Wildman–Crippen LogP) is 2.62. The molecule has 0 bridgehead atoms. The summed E-state index contributed by atoms with van der Waals surface area (Å²) in [4.78, 5) is 4.03. The van der Waals surface area contributed by atoms with Gasteiger partial charge in [-0.15, -0.1) is 0 Å². The Hall–Kier alpha value is -1.68. The van der Waals surface area contributed by atoms with Gasteiger partial charge >= 0.3 is 0 Å². The fourth-order valence-corrected chi connectivity index (χ4v) is 1.61. The molecule has 0 spiro atoms. The third-order valence-corrected chi connectivity index (χ3v) is 2.57. The number of hydrogen-bond donors (Lipinski definition) is 1. The molecule has 2 aromatic heterocycles. The molecular weight excluding hydrogens is 208 g/mol. The van der Waals surface area contributed by atoms with E-state index in [-0.39, 0.29) is 5.75 Å². The van der Waals surface area contributed by atoms with Gasteiger partial charge in [-0.1, -0.05) is 12.2 Å². The summed E-state index contributed by atoms with van der Waals surface area (Å²) in [5.41, 5.74) is 1.62. The summed E-state index contributed by atoms with van der Waals surface area (Å²) in [6.45, 7) is 1.82. The lowest BCUT2D eigenvalue weighted by Crippen LogP contribution is -2.00. The highest BCUT2D eigenvalue weighted by Crippen LogP contribution is 2.20. The zero-order chi connectivity index (χ0) is 10.8. The van der Waals surface area contributed by atoms with Gasteiger partial charge in [0.2, 0.25) is 0 Å². The third-order valence-electron chi connectivity index (χ3n) is 2.24.